The zero-order valence-electron chi connectivity index (χ0n) is 20.8. The van der Waals surface area contributed by atoms with Gasteiger partial charge in [-0.3, -0.25) is 0 Å². The van der Waals surface area contributed by atoms with Crippen molar-refractivity contribution in [3.63, 3.8) is 0 Å². The minimum Gasteiger partial charge on any atom is -0.478 e. The van der Waals surface area contributed by atoms with Crippen molar-refractivity contribution in [1.29, 1.82) is 0 Å². The molecule has 0 amide bonds. The van der Waals surface area contributed by atoms with Crippen LogP contribution in [-0.4, -0.2) is 89.3 Å². The van der Waals surface area contributed by atoms with E-state index in [2.05, 4.69) is 0 Å². The molecule has 0 saturated heterocycles. The van der Waals surface area contributed by atoms with Crippen LogP contribution in [0.25, 0.3) is 0 Å². The molecule has 0 rings (SSSR count). The minimum atomic E-state index is -9.39. The minimum absolute atomic E-state index is 0.658. The van der Waals surface area contributed by atoms with E-state index < -0.39 is 110 Å². The maximum absolute atomic E-state index is 14.5. The van der Waals surface area contributed by atoms with E-state index in [1.807, 2.05) is 0 Å². The summed E-state index contributed by atoms with van der Waals surface area (Å²) in [6.07, 6.45) is -15.1. The number of alkyl halides is 21. The molecule has 0 atom stereocenters. The third-order valence-electron chi connectivity index (χ3n) is 5.43. The molecule has 0 aliphatic heterocycles. The Morgan fingerprint density at radius 3 is 1.22 bits per heavy atom. The fraction of sp³-hybridized carbons (Fsp3) is 0.824. The molecule has 0 unspecified atom stereocenters. The van der Waals surface area contributed by atoms with Crippen LogP contribution < -0.4 is 0 Å². The van der Waals surface area contributed by atoms with E-state index in [-0.39, 0.29) is 0 Å². The summed E-state index contributed by atoms with van der Waals surface area (Å²) in [5.74, 6) is -66.1. The summed E-state index contributed by atoms with van der Waals surface area (Å²) in [5.41, 5.74) is -4.20. The SMILES string of the molecule is CCCCN(C(F)(F)C(F)(F)C(C(=O)O)=C(F)F)S(=O)(=O)C(F)(F)C(F)(F)C(F)(F)C(F)(F)C(F)(F)C(F)(F)C(F)(F)C(F)(F)F. The number of sulfonamides is 1. The van der Waals surface area contributed by atoms with Gasteiger partial charge in [0, 0.05) is 6.54 Å². The maximum atomic E-state index is 14.5. The Morgan fingerprint density at radius 1 is 0.609 bits per heavy atom. The molecule has 46 heavy (non-hydrogen) atoms. The highest BCUT2D eigenvalue weighted by molar-refractivity contribution is 7.90. The van der Waals surface area contributed by atoms with E-state index in [4.69, 9.17) is 5.11 Å². The summed E-state index contributed by atoms with van der Waals surface area (Å²) < 4.78 is 332. The lowest BCUT2D eigenvalue weighted by molar-refractivity contribution is -0.458. The number of hydrogen-bond donors (Lipinski definition) is 1. The largest absolute Gasteiger partial charge is 0.478 e. The molecule has 0 spiro atoms. The molecule has 1 N–H and O–H groups in total. The van der Waals surface area contributed by atoms with E-state index in [1.165, 1.54) is 0 Å². The number of hydrogen-bond acceptors (Lipinski definition) is 3. The predicted molar refractivity (Wildman–Crippen MR) is 98.0 cm³/mol. The Hall–Kier alpha value is -2.49. The first-order valence-electron chi connectivity index (χ1n) is 10.5. The second-order valence-corrected chi connectivity index (χ2v) is 10.4. The van der Waals surface area contributed by atoms with E-state index >= 15 is 0 Å². The highest BCUT2D eigenvalue weighted by Gasteiger charge is 2.96. The van der Waals surface area contributed by atoms with Gasteiger partial charge in [0.2, 0.25) is 0 Å². The van der Waals surface area contributed by atoms with Gasteiger partial charge in [-0.1, -0.05) is 13.3 Å². The maximum Gasteiger partial charge on any atom is 0.460 e. The van der Waals surface area contributed by atoms with Gasteiger partial charge in [-0.2, -0.15) is 101 Å². The Bertz CT molecular complexity index is 1280. The molecular formula is C17H10F23NO4S. The first kappa shape index (κ1) is 43.5. The number of aliphatic carboxylic acids is 1. The lowest BCUT2D eigenvalue weighted by Crippen LogP contribution is -2.75. The van der Waals surface area contributed by atoms with E-state index in [1.54, 1.807) is 0 Å². The van der Waals surface area contributed by atoms with Crippen molar-refractivity contribution in [1.82, 2.24) is 4.31 Å². The number of rotatable bonds is 15. The zero-order chi connectivity index (χ0) is 37.9. The Labute approximate surface area is 237 Å². The van der Waals surface area contributed by atoms with Gasteiger partial charge in [0.1, 0.15) is 0 Å². The lowest BCUT2D eigenvalue weighted by Gasteiger charge is -2.43. The van der Waals surface area contributed by atoms with Crippen molar-refractivity contribution >= 4 is 16.0 Å². The van der Waals surface area contributed by atoms with E-state index in [9.17, 15) is 114 Å². The Morgan fingerprint density at radius 2 is 0.935 bits per heavy atom. The molecular weight excluding hydrogens is 751 g/mol. The van der Waals surface area contributed by atoms with Crippen LogP contribution in [0.5, 0.6) is 0 Å². The van der Waals surface area contributed by atoms with Crippen LogP contribution in [0, 0.1) is 0 Å². The molecule has 0 aromatic rings. The number of halogens is 23. The van der Waals surface area contributed by atoms with E-state index in [0.29, 0.717) is 6.92 Å². The highest BCUT2D eigenvalue weighted by atomic mass is 32.2. The van der Waals surface area contributed by atoms with Crippen molar-refractivity contribution in [3.8, 4) is 0 Å². The van der Waals surface area contributed by atoms with Crippen LogP contribution in [0.4, 0.5) is 101 Å². The molecule has 274 valence electrons. The Kier molecular flexibility index (Phi) is 11.2. The fourth-order valence-corrected chi connectivity index (χ4v) is 4.32. The third-order valence-corrected chi connectivity index (χ3v) is 7.33. The number of nitrogens with zero attached hydrogens (tertiary/aromatic N) is 1. The number of carboxylic acids is 1. The number of carbonyl (C=O) groups is 1. The van der Waals surface area contributed by atoms with Crippen molar-refractivity contribution < 1.29 is 119 Å². The van der Waals surface area contributed by atoms with Crippen LogP contribution in [0.15, 0.2) is 11.7 Å². The van der Waals surface area contributed by atoms with Gasteiger partial charge in [-0.25, -0.2) is 13.2 Å². The van der Waals surface area contributed by atoms with Crippen LogP contribution >= 0.6 is 0 Å². The summed E-state index contributed by atoms with van der Waals surface area (Å²) in [7, 11) is -9.15. The average molecular weight is 761 g/mol. The molecule has 29 heteroatoms. The van der Waals surface area contributed by atoms with Gasteiger partial charge in [0.15, 0.2) is 5.57 Å². The average Bonchev–Trinajstić information content (AvgIpc) is 2.81. The van der Waals surface area contributed by atoms with Crippen molar-refractivity contribution in [3.05, 3.63) is 11.7 Å². The lowest BCUT2D eigenvalue weighted by atomic mass is 9.91. The fourth-order valence-electron chi connectivity index (χ4n) is 2.80. The van der Waals surface area contributed by atoms with Crippen molar-refractivity contribution in [2.75, 3.05) is 6.54 Å². The molecule has 0 saturated carbocycles. The molecule has 0 aliphatic rings. The van der Waals surface area contributed by atoms with Crippen molar-refractivity contribution in [2.24, 2.45) is 0 Å². The molecule has 0 fully saturated rings. The molecule has 0 aliphatic carbocycles. The molecule has 0 heterocycles. The highest BCUT2D eigenvalue weighted by Crippen LogP contribution is 2.65. The van der Waals surface area contributed by atoms with Gasteiger partial charge >= 0.3 is 64.9 Å². The Balaban J connectivity index is 7.71. The van der Waals surface area contributed by atoms with Crippen LogP contribution in [-0.2, 0) is 14.8 Å². The second-order valence-electron chi connectivity index (χ2n) is 8.45. The van der Waals surface area contributed by atoms with Gasteiger partial charge < -0.3 is 5.11 Å². The zero-order valence-corrected chi connectivity index (χ0v) is 21.7. The van der Waals surface area contributed by atoms with Gasteiger partial charge in [-0.15, -0.1) is 4.31 Å². The number of unbranched alkanes of at least 4 members (excludes halogenated alkanes) is 1. The molecule has 0 aromatic carbocycles. The third kappa shape index (κ3) is 5.79. The standard InChI is InChI=1S/C17H10F23NO4S/c1-2-3-4-41(16(37,38)8(20,21)5(6(18)19)7(42)43)46(44,45)17(39,40)14(32,33)12(28,29)10(24,25)9(22,23)11(26,27)13(30,31)15(34,35)36/h2-4H2,1H3,(H,42,43). The van der Waals surface area contributed by atoms with E-state index in [0.717, 1.165) is 0 Å². The summed E-state index contributed by atoms with van der Waals surface area (Å²) >= 11 is 0. The normalized spacial score (nSPS) is 15.8. The summed E-state index contributed by atoms with van der Waals surface area (Å²) in [5, 5.41) is -0.452. The molecule has 0 radical (unpaired) electrons. The molecule has 0 bridgehead atoms. The second kappa shape index (κ2) is 11.9. The molecule has 0 aromatic heterocycles. The van der Waals surface area contributed by atoms with Gasteiger partial charge in [-0.05, 0) is 6.42 Å². The summed E-state index contributed by atoms with van der Waals surface area (Å²) in [6.45, 7) is -2.23. The van der Waals surface area contributed by atoms with Gasteiger partial charge in [0.25, 0.3) is 16.1 Å². The predicted octanol–water partition coefficient (Wildman–Crippen LogP) is 7.85. The van der Waals surface area contributed by atoms with Crippen LogP contribution in [0.3, 0.4) is 0 Å². The number of carboxylic acid groups (broad SMARTS) is 1. The molecule has 5 nitrogen and oxygen atoms in total. The first-order chi connectivity index (χ1) is 19.7. The van der Waals surface area contributed by atoms with Crippen molar-refractivity contribution in [2.45, 2.75) is 78.7 Å². The van der Waals surface area contributed by atoms with Crippen LogP contribution in [0.2, 0.25) is 0 Å². The summed E-state index contributed by atoms with van der Waals surface area (Å²) in [6, 6.07) is -7.58. The van der Waals surface area contributed by atoms with Crippen LogP contribution in [0.1, 0.15) is 19.8 Å². The quantitative estimate of drug-likeness (QED) is 0.105. The topological polar surface area (TPSA) is 74.7 Å². The smallest absolute Gasteiger partial charge is 0.460 e. The summed E-state index contributed by atoms with van der Waals surface area (Å²) in [4.78, 5) is 10.6. The van der Waals surface area contributed by atoms with Gasteiger partial charge in [0.05, 0.1) is 0 Å². The monoisotopic (exact) mass is 761 g/mol. The first-order valence-corrected chi connectivity index (χ1v) is 11.9.